The smallest absolute Gasteiger partial charge is 0.407 e. The van der Waals surface area contributed by atoms with Gasteiger partial charge < -0.3 is 15.2 Å². The second-order valence-electron chi connectivity index (χ2n) is 4.22. The lowest BCUT2D eigenvalue weighted by Gasteiger charge is -2.04. The summed E-state index contributed by atoms with van der Waals surface area (Å²) in [5.41, 5.74) is 0.928. The van der Waals surface area contributed by atoms with Crippen molar-refractivity contribution in [1.29, 1.82) is 0 Å². The molecule has 0 unspecified atom stereocenters. The third-order valence-electron chi connectivity index (χ3n) is 2.58. The molecule has 0 saturated heterocycles. The molecule has 0 bridgehead atoms. The third-order valence-corrected chi connectivity index (χ3v) is 3.39. The molecule has 0 aliphatic rings. The van der Waals surface area contributed by atoms with Crippen LogP contribution in [0.3, 0.4) is 0 Å². The molecule has 1 aromatic heterocycles. The van der Waals surface area contributed by atoms with Gasteiger partial charge in [0.15, 0.2) is 5.69 Å². The van der Waals surface area contributed by atoms with Crippen molar-refractivity contribution in [2.75, 3.05) is 6.54 Å². The van der Waals surface area contributed by atoms with E-state index < -0.39 is 12.1 Å². The average molecular weight is 318 g/mol. The minimum Gasteiger partial charge on any atom is -0.476 e. The van der Waals surface area contributed by atoms with Crippen molar-refractivity contribution in [2.45, 2.75) is 6.61 Å². The van der Waals surface area contributed by atoms with E-state index in [0.29, 0.717) is 5.01 Å². The normalized spacial score (nSPS) is 10.5. The van der Waals surface area contributed by atoms with Crippen molar-refractivity contribution in [1.82, 2.24) is 10.3 Å². The third kappa shape index (κ3) is 5.02. The standard InChI is InChI=1S/C15H14N2O4S/c18-14(19)12-10-22-13(17-12)7-4-8-16-15(20)21-9-11-5-2-1-3-6-11/h1-7,10H,8-9H2,(H,16,20)(H,18,19). The first kappa shape index (κ1) is 15.7. The minimum atomic E-state index is -1.06. The van der Waals surface area contributed by atoms with Gasteiger partial charge in [-0.2, -0.15) is 0 Å². The lowest BCUT2D eigenvalue weighted by Crippen LogP contribution is -2.24. The van der Waals surface area contributed by atoms with E-state index in [-0.39, 0.29) is 18.8 Å². The number of carboxylic acids is 1. The molecule has 114 valence electrons. The number of aromatic carboxylic acids is 1. The number of alkyl carbamates (subject to hydrolysis) is 1. The highest BCUT2D eigenvalue weighted by Gasteiger charge is 2.06. The number of carbonyl (C=O) groups is 2. The zero-order valence-electron chi connectivity index (χ0n) is 11.6. The summed E-state index contributed by atoms with van der Waals surface area (Å²) in [6.07, 6.45) is 2.81. The summed E-state index contributed by atoms with van der Waals surface area (Å²) < 4.78 is 5.04. The number of nitrogens with one attached hydrogen (secondary N) is 1. The Kier molecular flexibility index (Phi) is 5.67. The maximum atomic E-state index is 11.5. The van der Waals surface area contributed by atoms with Crippen molar-refractivity contribution >= 4 is 29.5 Å². The summed E-state index contributed by atoms with van der Waals surface area (Å²) in [5.74, 6) is -1.06. The van der Waals surface area contributed by atoms with Crippen LogP contribution in [0.5, 0.6) is 0 Å². The molecule has 0 spiro atoms. The van der Waals surface area contributed by atoms with E-state index in [9.17, 15) is 9.59 Å². The molecule has 6 nitrogen and oxygen atoms in total. The molecule has 0 fully saturated rings. The van der Waals surface area contributed by atoms with Gasteiger partial charge in [-0.1, -0.05) is 36.4 Å². The van der Waals surface area contributed by atoms with Crippen LogP contribution in [0.4, 0.5) is 4.79 Å². The highest BCUT2D eigenvalue weighted by molar-refractivity contribution is 7.10. The summed E-state index contributed by atoms with van der Waals surface area (Å²) in [6, 6.07) is 9.38. The van der Waals surface area contributed by atoms with Crippen LogP contribution in [0.25, 0.3) is 6.08 Å². The lowest BCUT2D eigenvalue weighted by molar-refractivity contribution is 0.0691. The number of amides is 1. The summed E-state index contributed by atoms with van der Waals surface area (Å²) in [6.45, 7) is 0.487. The number of benzene rings is 1. The second kappa shape index (κ2) is 7.94. The largest absolute Gasteiger partial charge is 0.476 e. The molecular formula is C15H14N2O4S. The first-order valence-corrected chi connectivity index (χ1v) is 7.33. The summed E-state index contributed by atoms with van der Waals surface area (Å²) in [7, 11) is 0. The van der Waals surface area contributed by atoms with Gasteiger partial charge in [-0.15, -0.1) is 11.3 Å². The van der Waals surface area contributed by atoms with Gasteiger partial charge in [0.1, 0.15) is 11.6 Å². The summed E-state index contributed by atoms with van der Waals surface area (Å²) >= 11 is 1.22. The molecule has 22 heavy (non-hydrogen) atoms. The number of aromatic nitrogens is 1. The van der Waals surface area contributed by atoms with Crippen LogP contribution in [0.15, 0.2) is 41.8 Å². The van der Waals surface area contributed by atoms with Crippen LogP contribution >= 0.6 is 11.3 Å². The van der Waals surface area contributed by atoms with Crippen LogP contribution in [-0.2, 0) is 11.3 Å². The van der Waals surface area contributed by atoms with E-state index in [1.54, 1.807) is 12.2 Å². The van der Waals surface area contributed by atoms with E-state index >= 15 is 0 Å². The topological polar surface area (TPSA) is 88.5 Å². The molecule has 7 heteroatoms. The van der Waals surface area contributed by atoms with Gasteiger partial charge in [0, 0.05) is 11.9 Å². The molecular weight excluding hydrogens is 304 g/mol. The maximum Gasteiger partial charge on any atom is 0.407 e. The number of hydrogen-bond donors (Lipinski definition) is 2. The van der Waals surface area contributed by atoms with E-state index in [1.807, 2.05) is 30.3 Å². The minimum absolute atomic E-state index is 0.0138. The number of carboxylic acid groups (broad SMARTS) is 1. The van der Waals surface area contributed by atoms with Crippen molar-refractivity contribution in [3.05, 3.63) is 58.1 Å². The molecule has 1 aromatic carbocycles. The van der Waals surface area contributed by atoms with E-state index in [1.165, 1.54) is 16.7 Å². The summed E-state index contributed by atoms with van der Waals surface area (Å²) in [5, 5.41) is 13.3. The van der Waals surface area contributed by atoms with Crippen LogP contribution in [0, 0.1) is 0 Å². The van der Waals surface area contributed by atoms with Gasteiger partial charge in [-0.05, 0) is 11.6 Å². The van der Waals surface area contributed by atoms with Crippen LogP contribution in [0.2, 0.25) is 0 Å². The second-order valence-corrected chi connectivity index (χ2v) is 5.11. The molecule has 2 N–H and O–H groups in total. The molecule has 2 rings (SSSR count). The quantitative estimate of drug-likeness (QED) is 0.855. The number of nitrogens with zero attached hydrogens (tertiary/aromatic N) is 1. The van der Waals surface area contributed by atoms with Gasteiger partial charge >= 0.3 is 12.1 Å². The number of thiazole rings is 1. The van der Waals surface area contributed by atoms with Gasteiger partial charge in [0.25, 0.3) is 0 Å². The number of ether oxygens (including phenoxy) is 1. The van der Waals surface area contributed by atoms with Crippen molar-refractivity contribution < 1.29 is 19.4 Å². The fraction of sp³-hybridized carbons (Fsp3) is 0.133. The number of rotatable bonds is 6. The number of hydrogen-bond acceptors (Lipinski definition) is 5. The van der Waals surface area contributed by atoms with Crippen LogP contribution in [-0.4, -0.2) is 28.7 Å². The zero-order valence-corrected chi connectivity index (χ0v) is 12.4. The Morgan fingerprint density at radius 2 is 2.09 bits per heavy atom. The van der Waals surface area contributed by atoms with E-state index in [4.69, 9.17) is 9.84 Å². The molecule has 1 heterocycles. The Hall–Kier alpha value is -2.67. The van der Waals surface area contributed by atoms with E-state index in [0.717, 1.165) is 5.56 Å². The molecule has 0 aliphatic carbocycles. The van der Waals surface area contributed by atoms with Gasteiger partial charge in [-0.3, -0.25) is 0 Å². The predicted molar refractivity (Wildman–Crippen MR) is 82.7 cm³/mol. The highest BCUT2D eigenvalue weighted by Crippen LogP contribution is 2.11. The molecule has 0 saturated carbocycles. The zero-order chi connectivity index (χ0) is 15.8. The van der Waals surface area contributed by atoms with Gasteiger partial charge in [-0.25, -0.2) is 14.6 Å². The summed E-state index contributed by atoms with van der Waals surface area (Å²) in [4.78, 5) is 26.0. The number of carbonyl (C=O) groups excluding carboxylic acids is 1. The van der Waals surface area contributed by atoms with Crippen LogP contribution < -0.4 is 5.32 Å². The van der Waals surface area contributed by atoms with Crippen LogP contribution in [0.1, 0.15) is 21.1 Å². The molecule has 2 aromatic rings. The molecule has 0 radical (unpaired) electrons. The Balaban J connectivity index is 1.70. The lowest BCUT2D eigenvalue weighted by atomic mass is 10.2. The first-order chi connectivity index (χ1) is 10.6. The maximum absolute atomic E-state index is 11.5. The first-order valence-electron chi connectivity index (χ1n) is 6.45. The predicted octanol–water partition coefficient (Wildman–Crippen LogP) is 2.78. The van der Waals surface area contributed by atoms with Crippen molar-refractivity contribution in [3.63, 3.8) is 0 Å². The Morgan fingerprint density at radius 3 is 2.77 bits per heavy atom. The SMILES string of the molecule is O=C(NCC=Cc1nc(C(=O)O)cs1)OCc1ccccc1. The van der Waals surface area contributed by atoms with Gasteiger partial charge in [0.05, 0.1) is 0 Å². The average Bonchev–Trinajstić information content (AvgIpc) is 3.00. The fourth-order valence-corrected chi connectivity index (χ4v) is 2.25. The monoisotopic (exact) mass is 318 g/mol. The Morgan fingerprint density at radius 1 is 1.32 bits per heavy atom. The Labute approximate surface area is 131 Å². The van der Waals surface area contributed by atoms with Crippen molar-refractivity contribution in [2.24, 2.45) is 0 Å². The van der Waals surface area contributed by atoms with Crippen molar-refractivity contribution in [3.8, 4) is 0 Å². The Bertz CT molecular complexity index is 667. The molecule has 0 aliphatic heterocycles. The highest BCUT2D eigenvalue weighted by atomic mass is 32.1. The molecule has 1 amide bonds. The van der Waals surface area contributed by atoms with E-state index in [2.05, 4.69) is 10.3 Å². The fourth-order valence-electron chi connectivity index (χ4n) is 1.54. The van der Waals surface area contributed by atoms with Gasteiger partial charge in [0.2, 0.25) is 0 Å². The molecule has 0 atom stereocenters.